The first-order valence-electron chi connectivity index (χ1n) is 9.45. The van der Waals surface area contributed by atoms with Gasteiger partial charge in [-0.2, -0.15) is 5.10 Å². The molecule has 29 heavy (non-hydrogen) atoms. The zero-order chi connectivity index (χ0) is 20.0. The fraction of sp³-hybridized carbons (Fsp3) is 0.368. The summed E-state index contributed by atoms with van der Waals surface area (Å²) in [5, 5.41) is 9.26. The van der Waals surface area contributed by atoms with E-state index in [1.165, 1.54) is 18.5 Å². The Morgan fingerprint density at radius 3 is 2.59 bits per heavy atom. The van der Waals surface area contributed by atoms with E-state index in [9.17, 15) is 12.8 Å². The summed E-state index contributed by atoms with van der Waals surface area (Å²) in [6.07, 6.45) is 1.92. The van der Waals surface area contributed by atoms with Crippen LogP contribution in [0.15, 0.2) is 30.6 Å². The molecule has 0 N–H and O–H groups in total. The second-order valence-corrected chi connectivity index (χ2v) is 9.53. The van der Waals surface area contributed by atoms with Crippen molar-refractivity contribution >= 4 is 32.4 Å². The number of rotatable bonds is 2. The monoisotopic (exact) mass is 414 g/mol. The van der Waals surface area contributed by atoms with Crippen molar-refractivity contribution in [2.75, 3.05) is 41.7 Å². The van der Waals surface area contributed by atoms with Gasteiger partial charge in [0, 0.05) is 38.0 Å². The topological polar surface area (TPSA) is 92.2 Å². The summed E-state index contributed by atoms with van der Waals surface area (Å²) in [6, 6.07) is 6.37. The standard InChI is InChI=1S/C19H19FN6O2S/c20-14-1-2-17-15(10-14)19(22-12-21-17)26-6-4-25(5-7-26)18-9-13-11-29(27,28)8-3-16(13)23-24-18/h1-2,9-10,12H,3-8,11H2. The van der Waals surface area contributed by atoms with E-state index >= 15 is 0 Å². The lowest BCUT2D eigenvalue weighted by Crippen LogP contribution is -2.47. The van der Waals surface area contributed by atoms with Gasteiger partial charge in [0.05, 0.1) is 22.7 Å². The Kier molecular flexibility index (Phi) is 4.30. The predicted octanol–water partition coefficient (Wildman–Crippen LogP) is 1.36. The van der Waals surface area contributed by atoms with Crippen molar-refractivity contribution in [3.63, 3.8) is 0 Å². The normalized spacial score (nSPS) is 18.7. The van der Waals surface area contributed by atoms with Crippen molar-refractivity contribution in [3.05, 3.63) is 47.7 Å². The maximum Gasteiger partial charge on any atom is 0.154 e. The molecule has 2 aliphatic heterocycles. The zero-order valence-electron chi connectivity index (χ0n) is 15.6. The number of aromatic nitrogens is 4. The van der Waals surface area contributed by atoms with Gasteiger partial charge in [0.2, 0.25) is 0 Å². The lowest BCUT2D eigenvalue weighted by Gasteiger charge is -2.36. The van der Waals surface area contributed by atoms with Crippen LogP contribution in [0.2, 0.25) is 0 Å². The lowest BCUT2D eigenvalue weighted by atomic mass is 10.1. The van der Waals surface area contributed by atoms with E-state index in [0.717, 1.165) is 17.1 Å². The van der Waals surface area contributed by atoms with Gasteiger partial charge in [-0.05, 0) is 29.8 Å². The second-order valence-electron chi connectivity index (χ2n) is 7.35. The first kappa shape index (κ1) is 18.2. The van der Waals surface area contributed by atoms with Crippen molar-refractivity contribution < 1.29 is 12.8 Å². The molecule has 10 heteroatoms. The second kappa shape index (κ2) is 6.87. The highest BCUT2D eigenvalue weighted by Gasteiger charge is 2.26. The Balaban J connectivity index is 1.36. The molecule has 0 radical (unpaired) electrons. The van der Waals surface area contributed by atoms with Gasteiger partial charge < -0.3 is 9.80 Å². The average molecular weight is 414 g/mol. The molecule has 2 aliphatic rings. The lowest BCUT2D eigenvalue weighted by molar-refractivity contribution is 0.589. The first-order chi connectivity index (χ1) is 14.0. The largest absolute Gasteiger partial charge is 0.352 e. The zero-order valence-corrected chi connectivity index (χ0v) is 16.4. The van der Waals surface area contributed by atoms with Gasteiger partial charge in [-0.1, -0.05) is 0 Å². The van der Waals surface area contributed by atoms with Crippen molar-refractivity contribution in [3.8, 4) is 0 Å². The SMILES string of the molecule is O=S1(=O)CCc2nnc(N3CCN(c4ncnc5ccc(F)cc45)CC3)cc2C1. The molecule has 0 aliphatic carbocycles. The molecule has 0 spiro atoms. The third-order valence-electron chi connectivity index (χ3n) is 5.45. The van der Waals surface area contributed by atoms with Gasteiger partial charge in [0.1, 0.15) is 18.0 Å². The van der Waals surface area contributed by atoms with Crippen LogP contribution in [0.25, 0.3) is 10.9 Å². The van der Waals surface area contributed by atoms with Crippen LogP contribution in [-0.2, 0) is 22.0 Å². The molecule has 0 bridgehead atoms. The Labute approximate surface area is 167 Å². The highest BCUT2D eigenvalue weighted by Crippen LogP contribution is 2.27. The Bertz CT molecular complexity index is 1190. The molecular formula is C19H19FN6O2S. The third kappa shape index (κ3) is 3.48. The Hall–Kier alpha value is -2.88. The predicted molar refractivity (Wildman–Crippen MR) is 107 cm³/mol. The van der Waals surface area contributed by atoms with E-state index in [4.69, 9.17) is 0 Å². The van der Waals surface area contributed by atoms with E-state index in [-0.39, 0.29) is 17.3 Å². The summed E-state index contributed by atoms with van der Waals surface area (Å²) in [5.74, 6) is 1.27. The van der Waals surface area contributed by atoms with Crippen LogP contribution in [0.5, 0.6) is 0 Å². The highest BCUT2D eigenvalue weighted by molar-refractivity contribution is 7.90. The molecule has 1 saturated heterocycles. The number of piperazine rings is 1. The molecule has 0 unspecified atom stereocenters. The van der Waals surface area contributed by atoms with Crippen LogP contribution < -0.4 is 9.80 Å². The summed E-state index contributed by atoms with van der Waals surface area (Å²) >= 11 is 0. The molecule has 8 nitrogen and oxygen atoms in total. The van der Waals surface area contributed by atoms with Gasteiger partial charge in [-0.25, -0.2) is 22.8 Å². The number of sulfone groups is 1. The minimum Gasteiger partial charge on any atom is -0.352 e. The Morgan fingerprint density at radius 1 is 0.966 bits per heavy atom. The van der Waals surface area contributed by atoms with Crippen LogP contribution in [0.4, 0.5) is 16.0 Å². The number of aryl methyl sites for hydroxylation is 1. The molecule has 1 fully saturated rings. The molecule has 2 aromatic heterocycles. The highest BCUT2D eigenvalue weighted by atomic mass is 32.2. The van der Waals surface area contributed by atoms with E-state index in [1.54, 1.807) is 6.07 Å². The molecule has 0 amide bonds. The van der Waals surface area contributed by atoms with Gasteiger partial charge in [-0.15, -0.1) is 5.10 Å². The summed E-state index contributed by atoms with van der Waals surface area (Å²) in [4.78, 5) is 12.8. The van der Waals surface area contributed by atoms with Crippen molar-refractivity contribution in [1.82, 2.24) is 20.2 Å². The minimum absolute atomic E-state index is 0.0311. The molecule has 4 heterocycles. The molecule has 5 rings (SSSR count). The number of nitrogens with zero attached hydrogens (tertiary/aromatic N) is 6. The third-order valence-corrected chi connectivity index (χ3v) is 7.03. The van der Waals surface area contributed by atoms with E-state index < -0.39 is 9.84 Å². The summed E-state index contributed by atoms with van der Waals surface area (Å²) in [5.41, 5.74) is 2.23. The quantitative estimate of drug-likeness (QED) is 0.621. The molecule has 0 atom stereocenters. The summed E-state index contributed by atoms with van der Waals surface area (Å²) in [6.45, 7) is 2.72. The molecule has 0 saturated carbocycles. The van der Waals surface area contributed by atoms with Crippen LogP contribution in [0.1, 0.15) is 11.3 Å². The number of fused-ring (bicyclic) bond motifs is 2. The smallest absolute Gasteiger partial charge is 0.154 e. The minimum atomic E-state index is -3.05. The molecular weight excluding hydrogens is 395 g/mol. The van der Waals surface area contributed by atoms with Crippen molar-refractivity contribution in [1.29, 1.82) is 0 Å². The molecule has 3 aromatic rings. The number of benzene rings is 1. The van der Waals surface area contributed by atoms with Gasteiger partial charge in [0.15, 0.2) is 15.7 Å². The number of halogens is 1. The average Bonchev–Trinajstić information content (AvgIpc) is 2.72. The van der Waals surface area contributed by atoms with Crippen molar-refractivity contribution in [2.24, 2.45) is 0 Å². The van der Waals surface area contributed by atoms with Crippen LogP contribution in [0, 0.1) is 5.82 Å². The summed E-state index contributed by atoms with van der Waals surface area (Å²) < 4.78 is 37.6. The van der Waals surface area contributed by atoms with Crippen LogP contribution in [-0.4, -0.2) is 60.5 Å². The fourth-order valence-electron chi connectivity index (χ4n) is 3.91. The first-order valence-corrected chi connectivity index (χ1v) is 11.3. The number of hydrogen-bond acceptors (Lipinski definition) is 8. The van der Waals surface area contributed by atoms with Crippen molar-refractivity contribution in [2.45, 2.75) is 12.2 Å². The van der Waals surface area contributed by atoms with E-state index in [1.807, 2.05) is 6.07 Å². The Morgan fingerprint density at radius 2 is 1.76 bits per heavy atom. The van der Waals surface area contributed by atoms with E-state index in [0.29, 0.717) is 49.3 Å². The number of anilines is 2. The van der Waals surface area contributed by atoms with Gasteiger partial charge >= 0.3 is 0 Å². The van der Waals surface area contributed by atoms with Crippen LogP contribution >= 0.6 is 0 Å². The molecule has 150 valence electrons. The number of hydrogen-bond donors (Lipinski definition) is 0. The van der Waals surface area contributed by atoms with Gasteiger partial charge in [-0.3, -0.25) is 0 Å². The maximum atomic E-state index is 13.7. The fourth-order valence-corrected chi connectivity index (χ4v) is 5.28. The maximum absolute atomic E-state index is 13.7. The molecule has 1 aromatic carbocycles. The van der Waals surface area contributed by atoms with E-state index in [2.05, 4.69) is 30.0 Å². The van der Waals surface area contributed by atoms with Gasteiger partial charge in [0.25, 0.3) is 0 Å². The summed E-state index contributed by atoms with van der Waals surface area (Å²) in [7, 11) is -3.05. The van der Waals surface area contributed by atoms with Crippen LogP contribution in [0.3, 0.4) is 0 Å².